The molecule has 1 amide bonds. The third-order valence-corrected chi connectivity index (χ3v) is 4.75. The molecule has 0 spiro atoms. The second-order valence-electron chi connectivity index (χ2n) is 5.57. The summed E-state index contributed by atoms with van der Waals surface area (Å²) in [7, 11) is 0. The first-order valence-corrected chi connectivity index (χ1v) is 8.17. The number of amides is 1. The molecule has 110 valence electrons. The van der Waals surface area contributed by atoms with Gasteiger partial charge in [-0.25, -0.2) is 4.98 Å². The minimum absolute atomic E-state index is 0.101. The summed E-state index contributed by atoms with van der Waals surface area (Å²) in [6.07, 6.45) is 4.74. The van der Waals surface area contributed by atoms with Gasteiger partial charge in [-0.05, 0) is 12.8 Å². The Morgan fingerprint density at radius 2 is 1.90 bits per heavy atom. The van der Waals surface area contributed by atoms with Crippen molar-refractivity contribution in [3.63, 3.8) is 0 Å². The molecule has 0 unspecified atom stereocenters. The van der Waals surface area contributed by atoms with Crippen LogP contribution >= 0.6 is 11.3 Å². The molecule has 3 N–H and O–H groups in total. The van der Waals surface area contributed by atoms with Crippen LogP contribution in [0.25, 0.3) is 11.3 Å². The van der Waals surface area contributed by atoms with E-state index in [1.807, 2.05) is 35.7 Å². The van der Waals surface area contributed by atoms with Crippen molar-refractivity contribution in [3.8, 4) is 11.3 Å². The van der Waals surface area contributed by atoms with Crippen LogP contribution in [0.4, 0.5) is 5.13 Å². The normalized spacial score (nSPS) is 17.4. The standard InChI is InChI=1S/C16H19N3OS/c17-16(9-5-2-6-10-16)14(20)19-15-18-13(11-21-15)12-7-3-1-4-8-12/h1,3-4,7-8,11H,2,5-6,9-10,17H2,(H,18,19,20). The Morgan fingerprint density at radius 1 is 1.19 bits per heavy atom. The van der Waals surface area contributed by atoms with Crippen LogP contribution in [-0.4, -0.2) is 16.4 Å². The maximum Gasteiger partial charge on any atom is 0.246 e. The SMILES string of the molecule is NC1(C(=O)Nc2nc(-c3ccccc3)cs2)CCCCC1. The summed E-state index contributed by atoms with van der Waals surface area (Å²) in [6.45, 7) is 0. The number of nitrogens with one attached hydrogen (secondary N) is 1. The summed E-state index contributed by atoms with van der Waals surface area (Å²) in [5.74, 6) is -0.101. The van der Waals surface area contributed by atoms with Crippen LogP contribution in [-0.2, 0) is 4.79 Å². The molecule has 1 aromatic heterocycles. The number of aromatic nitrogens is 1. The molecule has 3 rings (SSSR count). The van der Waals surface area contributed by atoms with Crippen LogP contribution in [0, 0.1) is 0 Å². The Labute approximate surface area is 128 Å². The molecule has 1 aliphatic carbocycles. The molecule has 21 heavy (non-hydrogen) atoms. The molecule has 5 heteroatoms. The number of carbonyl (C=O) groups is 1. The molecule has 0 radical (unpaired) electrons. The molecule has 0 atom stereocenters. The number of rotatable bonds is 3. The minimum Gasteiger partial charge on any atom is -0.317 e. The topological polar surface area (TPSA) is 68.0 Å². The van der Waals surface area contributed by atoms with Gasteiger partial charge in [-0.2, -0.15) is 0 Å². The lowest BCUT2D eigenvalue weighted by atomic mass is 9.82. The smallest absolute Gasteiger partial charge is 0.246 e. The fourth-order valence-electron chi connectivity index (χ4n) is 2.70. The largest absolute Gasteiger partial charge is 0.317 e. The van der Waals surface area contributed by atoms with Crippen molar-refractivity contribution >= 4 is 22.4 Å². The van der Waals surface area contributed by atoms with E-state index in [0.717, 1.165) is 36.9 Å². The van der Waals surface area contributed by atoms with E-state index in [-0.39, 0.29) is 5.91 Å². The maximum atomic E-state index is 12.4. The van der Waals surface area contributed by atoms with Gasteiger partial charge < -0.3 is 11.1 Å². The highest BCUT2D eigenvalue weighted by Gasteiger charge is 2.35. The fourth-order valence-corrected chi connectivity index (χ4v) is 3.42. The van der Waals surface area contributed by atoms with Crippen LogP contribution in [0.15, 0.2) is 35.7 Å². The Kier molecular flexibility index (Phi) is 4.03. The predicted octanol–water partition coefficient (Wildman–Crippen LogP) is 3.41. The number of hydrogen-bond acceptors (Lipinski definition) is 4. The third-order valence-electron chi connectivity index (χ3n) is 3.99. The number of nitrogens with zero attached hydrogens (tertiary/aromatic N) is 1. The minimum atomic E-state index is -0.725. The van der Waals surface area contributed by atoms with Gasteiger partial charge in [-0.3, -0.25) is 4.79 Å². The molecule has 2 aromatic rings. The molecule has 1 aromatic carbocycles. The van der Waals surface area contributed by atoms with Gasteiger partial charge in [-0.1, -0.05) is 49.6 Å². The van der Waals surface area contributed by atoms with E-state index < -0.39 is 5.54 Å². The Bertz CT molecular complexity index is 617. The van der Waals surface area contributed by atoms with Gasteiger partial charge in [0.05, 0.1) is 11.2 Å². The van der Waals surface area contributed by atoms with E-state index in [2.05, 4.69) is 10.3 Å². The zero-order chi connectivity index (χ0) is 14.7. The molecule has 4 nitrogen and oxygen atoms in total. The molecular formula is C16H19N3OS. The Balaban J connectivity index is 1.71. The number of anilines is 1. The summed E-state index contributed by atoms with van der Waals surface area (Å²) in [5.41, 5.74) is 7.44. The molecule has 1 aliphatic rings. The highest BCUT2D eigenvalue weighted by atomic mass is 32.1. The van der Waals surface area contributed by atoms with Gasteiger partial charge in [0.1, 0.15) is 0 Å². The number of benzene rings is 1. The summed E-state index contributed by atoms with van der Waals surface area (Å²) >= 11 is 1.44. The van der Waals surface area contributed by atoms with E-state index >= 15 is 0 Å². The van der Waals surface area contributed by atoms with Crippen molar-refractivity contribution in [2.75, 3.05) is 5.32 Å². The third kappa shape index (κ3) is 3.14. The number of nitrogens with two attached hydrogens (primary N) is 1. The number of thiazole rings is 1. The molecule has 1 heterocycles. The van der Waals surface area contributed by atoms with Gasteiger partial charge >= 0.3 is 0 Å². The van der Waals surface area contributed by atoms with Crippen LogP contribution in [0.2, 0.25) is 0 Å². The molecule has 0 aliphatic heterocycles. The van der Waals surface area contributed by atoms with Crippen molar-refractivity contribution in [1.29, 1.82) is 0 Å². The van der Waals surface area contributed by atoms with Gasteiger partial charge in [0.15, 0.2) is 5.13 Å². The van der Waals surface area contributed by atoms with Gasteiger partial charge in [0, 0.05) is 10.9 Å². The van der Waals surface area contributed by atoms with Crippen molar-refractivity contribution in [1.82, 2.24) is 4.98 Å². The summed E-state index contributed by atoms with van der Waals surface area (Å²) in [6, 6.07) is 9.94. The Morgan fingerprint density at radius 3 is 2.62 bits per heavy atom. The first kappa shape index (κ1) is 14.2. The zero-order valence-electron chi connectivity index (χ0n) is 11.8. The van der Waals surface area contributed by atoms with E-state index in [1.54, 1.807) is 0 Å². The summed E-state index contributed by atoms with van der Waals surface area (Å²) in [4.78, 5) is 16.8. The summed E-state index contributed by atoms with van der Waals surface area (Å²) in [5, 5.41) is 5.46. The van der Waals surface area contributed by atoms with E-state index in [0.29, 0.717) is 5.13 Å². The monoisotopic (exact) mass is 301 g/mol. The van der Waals surface area contributed by atoms with Crippen molar-refractivity contribution in [3.05, 3.63) is 35.7 Å². The van der Waals surface area contributed by atoms with E-state index in [4.69, 9.17) is 5.73 Å². The van der Waals surface area contributed by atoms with Gasteiger partial charge in [0.25, 0.3) is 0 Å². The highest BCUT2D eigenvalue weighted by molar-refractivity contribution is 7.14. The molecule has 1 fully saturated rings. The van der Waals surface area contributed by atoms with Crippen LogP contribution < -0.4 is 11.1 Å². The van der Waals surface area contributed by atoms with Crippen molar-refractivity contribution < 1.29 is 4.79 Å². The van der Waals surface area contributed by atoms with Gasteiger partial charge in [0.2, 0.25) is 5.91 Å². The van der Waals surface area contributed by atoms with E-state index in [1.165, 1.54) is 17.8 Å². The first-order valence-electron chi connectivity index (χ1n) is 7.29. The first-order chi connectivity index (χ1) is 10.2. The lowest BCUT2D eigenvalue weighted by molar-refractivity contribution is -0.122. The van der Waals surface area contributed by atoms with E-state index in [9.17, 15) is 4.79 Å². The lowest BCUT2D eigenvalue weighted by Crippen LogP contribution is -2.52. The van der Waals surface area contributed by atoms with Crippen molar-refractivity contribution in [2.45, 2.75) is 37.6 Å². The Hall–Kier alpha value is -1.72. The fraction of sp³-hybridized carbons (Fsp3) is 0.375. The average Bonchev–Trinajstić information content (AvgIpc) is 2.97. The van der Waals surface area contributed by atoms with Crippen LogP contribution in [0.1, 0.15) is 32.1 Å². The van der Waals surface area contributed by atoms with Crippen LogP contribution in [0.3, 0.4) is 0 Å². The second kappa shape index (κ2) is 5.95. The zero-order valence-corrected chi connectivity index (χ0v) is 12.7. The number of hydrogen-bond donors (Lipinski definition) is 2. The van der Waals surface area contributed by atoms with Crippen LogP contribution in [0.5, 0.6) is 0 Å². The average molecular weight is 301 g/mol. The molecular weight excluding hydrogens is 282 g/mol. The molecule has 0 bridgehead atoms. The lowest BCUT2D eigenvalue weighted by Gasteiger charge is -2.31. The molecule has 0 saturated heterocycles. The summed E-state index contributed by atoms with van der Waals surface area (Å²) < 4.78 is 0. The number of carbonyl (C=O) groups excluding carboxylic acids is 1. The van der Waals surface area contributed by atoms with Gasteiger partial charge in [-0.15, -0.1) is 11.3 Å². The quantitative estimate of drug-likeness (QED) is 0.913. The second-order valence-corrected chi connectivity index (χ2v) is 6.43. The highest BCUT2D eigenvalue weighted by Crippen LogP contribution is 2.29. The maximum absolute atomic E-state index is 12.4. The predicted molar refractivity (Wildman–Crippen MR) is 86.2 cm³/mol. The molecule has 1 saturated carbocycles. The van der Waals surface area contributed by atoms with Crippen molar-refractivity contribution in [2.24, 2.45) is 5.73 Å².